The highest BCUT2D eigenvalue weighted by atomic mass is 14.9. The Kier molecular flexibility index (Phi) is 3.28. The minimum atomic E-state index is 0.609. The highest BCUT2D eigenvalue weighted by Gasteiger charge is 2.39. The van der Waals surface area contributed by atoms with Crippen molar-refractivity contribution in [2.24, 2.45) is 5.41 Å². The molecule has 0 amide bonds. The van der Waals surface area contributed by atoms with E-state index < -0.39 is 0 Å². The summed E-state index contributed by atoms with van der Waals surface area (Å²) >= 11 is 0. The molecule has 100 valence electrons. The summed E-state index contributed by atoms with van der Waals surface area (Å²) in [7, 11) is 0. The van der Waals surface area contributed by atoms with Crippen LogP contribution in [0.2, 0.25) is 0 Å². The van der Waals surface area contributed by atoms with E-state index in [9.17, 15) is 0 Å². The Balaban J connectivity index is 1.76. The first kappa shape index (κ1) is 12.6. The fourth-order valence-electron chi connectivity index (χ4n) is 2.84. The molecule has 0 radical (unpaired) electrons. The van der Waals surface area contributed by atoms with Gasteiger partial charge in [-0.15, -0.1) is 0 Å². The molecule has 2 heteroatoms. The van der Waals surface area contributed by atoms with Crippen LogP contribution >= 0.6 is 0 Å². The Morgan fingerprint density at radius 2 is 2.05 bits per heavy atom. The lowest BCUT2D eigenvalue weighted by Gasteiger charge is -2.14. The van der Waals surface area contributed by atoms with Crippen LogP contribution in [0.3, 0.4) is 0 Å². The zero-order valence-electron chi connectivity index (χ0n) is 11.9. The third kappa shape index (κ3) is 2.64. The lowest BCUT2D eigenvalue weighted by atomic mass is 10.0. The predicted molar refractivity (Wildman–Crippen MR) is 80.1 cm³/mol. The zero-order chi connectivity index (χ0) is 13.3. The van der Waals surface area contributed by atoms with Crippen molar-refractivity contribution < 1.29 is 0 Å². The molecular formula is C17H22N2. The number of hydrogen-bond acceptors (Lipinski definition) is 2. The van der Waals surface area contributed by atoms with Gasteiger partial charge in [-0.2, -0.15) is 0 Å². The van der Waals surface area contributed by atoms with E-state index in [-0.39, 0.29) is 0 Å². The molecule has 0 atom stereocenters. The third-order valence-electron chi connectivity index (χ3n) is 4.45. The van der Waals surface area contributed by atoms with E-state index in [0.717, 1.165) is 24.3 Å². The third-order valence-corrected chi connectivity index (χ3v) is 4.45. The van der Waals surface area contributed by atoms with Crippen molar-refractivity contribution in [1.29, 1.82) is 0 Å². The Hall–Kier alpha value is -1.41. The summed E-state index contributed by atoms with van der Waals surface area (Å²) in [5.41, 5.74) is 4.19. The van der Waals surface area contributed by atoms with Gasteiger partial charge in [-0.25, -0.2) is 0 Å². The average Bonchev–Trinajstić information content (AvgIpc) is 3.19. The number of pyridine rings is 1. The van der Waals surface area contributed by atoms with Crippen molar-refractivity contribution in [3.63, 3.8) is 0 Å². The van der Waals surface area contributed by atoms with Gasteiger partial charge in [0.1, 0.15) is 0 Å². The fourth-order valence-corrected chi connectivity index (χ4v) is 2.84. The summed E-state index contributed by atoms with van der Waals surface area (Å²) in [6.45, 7) is 6.48. The maximum absolute atomic E-state index is 4.59. The number of para-hydroxylation sites is 1. The molecule has 0 bridgehead atoms. The minimum Gasteiger partial charge on any atom is -0.312 e. The van der Waals surface area contributed by atoms with Crippen molar-refractivity contribution in [1.82, 2.24) is 10.3 Å². The van der Waals surface area contributed by atoms with Gasteiger partial charge in [-0.05, 0) is 49.3 Å². The number of aryl methyl sites for hydroxylation is 1. The maximum Gasteiger partial charge on any atom is 0.0708 e. The van der Waals surface area contributed by atoms with Crippen LogP contribution in [0.25, 0.3) is 10.9 Å². The van der Waals surface area contributed by atoms with Gasteiger partial charge in [0.05, 0.1) is 5.52 Å². The second-order valence-corrected chi connectivity index (χ2v) is 5.90. The smallest absolute Gasteiger partial charge is 0.0708 e. The number of fused-ring (bicyclic) bond motifs is 1. The molecule has 0 unspecified atom stereocenters. The second-order valence-electron chi connectivity index (χ2n) is 5.90. The van der Waals surface area contributed by atoms with Crippen molar-refractivity contribution in [3.8, 4) is 0 Å². The molecule has 0 aliphatic heterocycles. The van der Waals surface area contributed by atoms with E-state index in [1.54, 1.807) is 0 Å². The van der Waals surface area contributed by atoms with Crippen LogP contribution in [0, 0.1) is 12.3 Å². The predicted octanol–water partition coefficient (Wildman–Crippen LogP) is 3.82. The van der Waals surface area contributed by atoms with Gasteiger partial charge in [-0.3, -0.25) is 4.98 Å². The molecule has 0 spiro atoms. The van der Waals surface area contributed by atoms with Crippen molar-refractivity contribution in [2.75, 3.05) is 6.54 Å². The number of nitrogens with zero attached hydrogens (tertiary/aromatic N) is 1. The zero-order valence-corrected chi connectivity index (χ0v) is 11.9. The summed E-state index contributed by atoms with van der Waals surface area (Å²) < 4.78 is 0. The first-order valence-corrected chi connectivity index (χ1v) is 7.28. The van der Waals surface area contributed by atoms with Gasteiger partial charge < -0.3 is 5.32 Å². The molecule has 1 aromatic carbocycles. The molecule has 1 heterocycles. The molecule has 0 saturated heterocycles. The molecule has 1 N–H and O–H groups in total. The van der Waals surface area contributed by atoms with Crippen LogP contribution in [0.4, 0.5) is 0 Å². The lowest BCUT2D eigenvalue weighted by Crippen LogP contribution is -2.23. The van der Waals surface area contributed by atoms with Gasteiger partial charge >= 0.3 is 0 Å². The normalized spacial score (nSPS) is 16.7. The molecular weight excluding hydrogens is 232 g/mol. The first-order valence-electron chi connectivity index (χ1n) is 7.28. The first-order chi connectivity index (χ1) is 9.22. The van der Waals surface area contributed by atoms with Gasteiger partial charge in [0.2, 0.25) is 0 Å². The Morgan fingerprint density at radius 1 is 1.26 bits per heavy atom. The molecule has 1 aliphatic carbocycles. The largest absolute Gasteiger partial charge is 0.312 e. The summed E-state index contributed by atoms with van der Waals surface area (Å²) in [5.74, 6) is 0. The van der Waals surface area contributed by atoms with Crippen LogP contribution in [-0.4, -0.2) is 11.5 Å². The molecule has 2 nitrogen and oxygen atoms in total. The number of benzene rings is 1. The van der Waals surface area contributed by atoms with Gasteiger partial charge in [-0.1, -0.05) is 25.1 Å². The number of aromatic nitrogens is 1. The standard InChI is InChI=1S/C17H22N2/c1-3-17(8-9-17)12-18-11-14-10-13(2)19-16-7-5-4-6-15(14)16/h4-7,10,18H,3,8-9,11-12H2,1-2H3. The molecule has 1 aliphatic rings. The highest BCUT2D eigenvalue weighted by molar-refractivity contribution is 5.82. The molecule has 3 rings (SSSR count). The van der Waals surface area contributed by atoms with E-state index in [4.69, 9.17) is 0 Å². The molecule has 1 aromatic heterocycles. The number of rotatable bonds is 5. The maximum atomic E-state index is 4.59. The van der Waals surface area contributed by atoms with Crippen molar-refractivity contribution in [3.05, 3.63) is 41.6 Å². The Bertz CT molecular complexity index is 585. The van der Waals surface area contributed by atoms with E-state index in [1.165, 1.54) is 30.2 Å². The minimum absolute atomic E-state index is 0.609. The van der Waals surface area contributed by atoms with Crippen LogP contribution in [0.5, 0.6) is 0 Å². The van der Waals surface area contributed by atoms with Crippen LogP contribution in [0.1, 0.15) is 37.4 Å². The molecule has 1 fully saturated rings. The molecule has 1 saturated carbocycles. The topological polar surface area (TPSA) is 24.9 Å². The van der Waals surface area contributed by atoms with E-state index in [0.29, 0.717) is 5.41 Å². The van der Waals surface area contributed by atoms with Crippen LogP contribution < -0.4 is 5.32 Å². The summed E-state index contributed by atoms with van der Waals surface area (Å²) in [6, 6.07) is 10.6. The number of nitrogens with one attached hydrogen (secondary N) is 1. The van der Waals surface area contributed by atoms with Gasteiger partial charge in [0, 0.05) is 24.2 Å². The summed E-state index contributed by atoms with van der Waals surface area (Å²) in [5, 5.41) is 4.93. The lowest BCUT2D eigenvalue weighted by molar-refractivity contribution is 0.444. The van der Waals surface area contributed by atoms with Crippen molar-refractivity contribution >= 4 is 10.9 Å². The van der Waals surface area contributed by atoms with E-state index in [1.807, 2.05) is 0 Å². The molecule has 19 heavy (non-hydrogen) atoms. The highest BCUT2D eigenvalue weighted by Crippen LogP contribution is 2.47. The Morgan fingerprint density at radius 3 is 2.79 bits per heavy atom. The van der Waals surface area contributed by atoms with Crippen molar-refractivity contribution in [2.45, 2.75) is 39.7 Å². The van der Waals surface area contributed by atoms with E-state index >= 15 is 0 Å². The van der Waals surface area contributed by atoms with Crippen LogP contribution in [0.15, 0.2) is 30.3 Å². The van der Waals surface area contributed by atoms with Gasteiger partial charge in [0.15, 0.2) is 0 Å². The monoisotopic (exact) mass is 254 g/mol. The van der Waals surface area contributed by atoms with E-state index in [2.05, 4.69) is 54.5 Å². The second kappa shape index (κ2) is 4.93. The quantitative estimate of drug-likeness (QED) is 0.877. The summed E-state index contributed by atoms with van der Waals surface area (Å²) in [4.78, 5) is 4.59. The van der Waals surface area contributed by atoms with Gasteiger partial charge in [0.25, 0.3) is 0 Å². The van der Waals surface area contributed by atoms with Crippen LogP contribution in [-0.2, 0) is 6.54 Å². The average molecular weight is 254 g/mol. The fraction of sp³-hybridized carbons (Fsp3) is 0.471. The summed E-state index contributed by atoms with van der Waals surface area (Å²) in [6.07, 6.45) is 4.09. The molecule has 2 aromatic rings. The number of hydrogen-bond donors (Lipinski definition) is 1. The SMILES string of the molecule is CCC1(CNCc2cc(C)nc3ccccc23)CC1. The Labute approximate surface area is 115 Å².